The quantitative estimate of drug-likeness (QED) is 0.454. The molecule has 2 aromatic rings. The molecule has 33 heavy (non-hydrogen) atoms. The van der Waals surface area contributed by atoms with Crippen molar-refractivity contribution in [1.82, 2.24) is 0 Å². The molecule has 0 heterocycles. The minimum atomic E-state index is -0.810. The SMILES string of the molecule is CC1=CC(C)(C23CC4CC(CC(C4)C2)C3)C=[C]1[Zr+2][c]1cccc2c1Cc1ccccc1-2.[Cl-].[Cl-]. The van der Waals surface area contributed by atoms with Crippen molar-refractivity contribution in [2.24, 2.45) is 28.6 Å². The topological polar surface area (TPSA) is 0 Å². The van der Waals surface area contributed by atoms with E-state index in [-0.39, 0.29) is 24.8 Å². The van der Waals surface area contributed by atoms with E-state index in [2.05, 4.69) is 68.5 Å². The number of allylic oxidation sites excluding steroid dienone is 4. The van der Waals surface area contributed by atoms with Gasteiger partial charge in [-0.15, -0.1) is 0 Å². The Hall–Kier alpha value is -0.617. The van der Waals surface area contributed by atoms with Crippen LogP contribution >= 0.6 is 0 Å². The van der Waals surface area contributed by atoms with Crippen molar-refractivity contribution in [1.29, 1.82) is 0 Å². The van der Waals surface area contributed by atoms with Crippen molar-refractivity contribution < 1.29 is 48.0 Å². The molecule has 0 aliphatic heterocycles. The zero-order chi connectivity index (χ0) is 20.8. The van der Waals surface area contributed by atoms with E-state index in [0.717, 1.165) is 24.2 Å². The maximum atomic E-state index is 2.81. The summed E-state index contributed by atoms with van der Waals surface area (Å²) in [6.07, 6.45) is 15.8. The molecule has 0 nitrogen and oxygen atoms in total. The van der Waals surface area contributed by atoms with Crippen LogP contribution in [0.3, 0.4) is 0 Å². The number of hydrogen-bond acceptors (Lipinski definition) is 0. The summed E-state index contributed by atoms with van der Waals surface area (Å²) in [5.74, 6) is 3.10. The standard InChI is InChI=1S/C17H23.C13H9.2ClH.Zr/c1-12-3-4-16(2,8-12)17-9-13-5-14(10-17)7-15(6-13)11-17;1-3-7-12-10(5-1)9-11-6-2-4-8-13(11)12;;;/h4,8,13-15H,5-7,9-11H2,1-2H3;1-5,7-8H,9H2;2*1H;/q;;;;+2/p-2. The first kappa shape index (κ1) is 24.1. The Labute approximate surface area is 223 Å². The van der Waals surface area contributed by atoms with E-state index in [0.29, 0.717) is 10.8 Å². The van der Waals surface area contributed by atoms with Crippen LogP contribution < -0.4 is 28.1 Å². The van der Waals surface area contributed by atoms with Gasteiger partial charge in [-0.3, -0.25) is 0 Å². The summed E-state index contributed by atoms with van der Waals surface area (Å²) < 4.78 is 3.48. The molecule has 0 saturated heterocycles. The van der Waals surface area contributed by atoms with Crippen molar-refractivity contribution in [3.05, 3.63) is 74.6 Å². The monoisotopic (exact) mass is 552 g/mol. The van der Waals surface area contributed by atoms with E-state index in [9.17, 15) is 0 Å². The van der Waals surface area contributed by atoms with E-state index in [1.54, 1.807) is 37.0 Å². The first-order chi connectivity index (χ1) is 15.0. The molecule has 1 atom stereocenters. The summed E-state index contributed by atoms with van der Waals surface area (Å²) in [6.45, 7) is 5.04. The third-order valence-corrected chi connectivity index (χ3v) is 13.5. The molecule has 4 fully saturated rings. The second kappa shape index (κ2) is 8.50. The molecule has 0 radical (unpaired) electrons. The van der Waals surface area contributed by atoms with Gasteiger partial charge in [-0.05, 0) is 0 Å². The molecular formula is C30H32Cl2Zr. The average molecular weight is 555 g/mol. The second-order valence-corrected chi connectivity index (χ2v) is 14.9. The second-order valence-electron chi connectivity index (χ2n) is 11.7. The summed E-state index contributed by atoms with van der Waals surface area (Å²) in [5.41, 5.74) is 8.66. The Kier molecular flexibility index (Phi) is 6.21. The van der Waals surface area contributed by atoms with Gasteiger partial charge >= 0.3 is 200 Å². The smallest absolute Gasteiger partial charge is 1.00 e. The van der Waals surface area contributed by atoms with Gasteiger partial charge in [0.25, 0.3) is 0 Å². The Morgan fingerprint density at radius 1 is 0.788 bits per heavy atom. The van der Waals surface area contributed by atoms with E-state index in [4.69, 9.17) is 0 Å². The molecule has 6 aliphatic rings. The summed E-state index contributed by atoms with van der Waals surface area (Å²) in [4.78, 5) is 0. The fourth-order valence-electron chi connectivity index (χ4n) is 8.61. The van der Waals surface area contributed by atoms with Crippen LogP contribution in [0.5, 0.6) is 0 Å². The molecule has 1 unspecified atom stereocenters. The average Bonchev–Trinajstić information content (AvgIpc) is 3.26. The predicted octanol–water partition coefficient (Wildman–Crippen LogP) is 1.04. The van der Waals surface area contributed by atoms with Gasteiger partial charge in [0, 0.05) is 0 Å². The molecule has 4 saturated carbocycles. The number of hydrogen-bond donors (Lipinski definition) is 0. The van der Waals surface area contributed by atoms with Gasteiger partial charge in [0.1, 0.15) is 0 Å². The van der Waals surface area contributed by atoms with Crippen molar-refractivity contribution in [3.63, 3.8) is 0 Å². The van der Waals surface area contributed by atoms with Gasteiger partial charge in [-0.1, -0.05) is 0 Å². The van der Waals surface area contributed by atoms with Crippen LogP contribution in [0.1, 0.15) is 63.5 Å². The normalized spacial score (nSPS) is 34.4. The minimum Gasteiger partial charge on any atom is -1.00 e. The van der Waals surface area contributed by atoms with Crippen molar-refractivity contribution >= 4 is 3.27 Å². The molecule has 2 aromatic carbocycles. The summed E-state index contributed by atoms with van der Waals surface area (Å²) >= 11 is -0.810. The van der Waals surface area contributed by atoms with Crippen molar-refractivity contribution in [2.45, 2.75) is 58.8 Å². The summed E-state index contributed by atoms with van der Waals surface area (Å²) in [6, 6.07) is 16.2. The van der Waals surface area contributed by atoms with E-state index in [1.165, 1.54) is 36.0 Å². The fraction of sp³-hybridized carbons (Fsp3) is 0.467. The molecule has 0 aromatic heterocycles. The minimum absolute atomic E-state index is 0. The molecule has 0 N–H and O–H groups in total. The molecule has 0 spiro atoms. The molecule has 3 heteroatoms. The Bertz CT molecular complexity index is 1120. The van der Waals surface area contributed by atoms with Gasteiger partial charge < -0.3 is 24.8 Å². The largest absolute Gasteiger partial charge is 1.00 e. The van der Waals surface area contributed by atoms with Crippen LogP contribution in [0, 0.1) is 28.6 Å². The Balaban J connectivity index is 0.00000114. The van der Waals surface area contributed by atoms with E-state index < -0.39 is 23.2 Å². The van der Waals surface area contributed by atoms with Crippen LogP contribution in [-0.2, 0) is 29.7 Å². The third-order valence-electron chi connectivity index (χ3n) is 9.69. The molecule has 8 rings (SSSR count). The van der Waals surface area contributed by atoms with Crippen LogP contribution in [-0.4, -0.2) is 0 Å². The zero-order valence-electron chi connectivity index (χ0n) is 19.6. The number of fused-ring (bicyclic) bond motifs is 3. The van der Waals surface area contributed by atoms with Gasteiger partial charge in [0.2, 0.25) is 0 Å². The first-order valence-corrected chi connectivity index (χ1v) is 14.9. The maximum Gasteiger partial charge on any atom is -1.00 e. The molecule has 170 valence electrons. The van der Waals surface area contributed by atoms with E-state index in [1.807, 2.05) is 0 Å². The van der Waals surface area contributed by atoms with Crippen LogP contribution in [0.2, 0.25) is 0 Å². The number of benzene rings is 2. The Morgan fingerprint density at radius 2 is 1.42 bits per heavy atom. The molecule has 6 aliphatic carbocycles. The molecule has 4 bridgehead atoms. The van der Waals surface area contributed by atoms with Crippen LogP contribution in [0.15, 0.2) is 63.5 Å². The maximum absolute atomic E-state index is 2.81. The molecular weight excluding hydrogens is 522 g/mol. The molecule has 0 amide bonds. The van der Waals surface area contributed by atoms with Crippen molar-refractivity contribution in [2.75, 3.05) is 0 Å². The zero-order valence-corrected chi connectivity index (χ0v) is 23.6. The Morgan fingerprint density at radius 3 is 2.12 bits per heavy atom. The summed E-state index contributed by atoms with van der Waals surface area (Å²) in [7, 11) is 0. The van der Waals surface area contributed by atoms with Gasteiger partial charge in [-0.25, -0.2) is 0 Å². The van der Waals surface area contributed by atoms with Crippen LogP contribution in [0.4, 0.5) is 0 Å². The number of rotatable bonds is 3. The predicted molar refractivity (Wildman–Crippen MR) is 125 cm³/mol. The summed E-state index contributed by atoms with van der Waals surface area (Å²) in [5, 5.41) is 0. The fourth-order valence-corrected chi connectivity index (χ4v) is 12.3. The van der Waals surface area contributed by atoms with E-state index >= 15 is 0 Å². The third kappa shape index (κ3) is 3.63. The van der Waals surface area contributed by atoms with Crippen LogP contribution in [0.25, 0.3) is 11.1 Å². The number of halogens is 2. The first-order valence-electron chi connectivity index (χ1n) is 12.4. The van der Waals surface area contributed by atoms with Gasteiger partial charge in [-0.2, -0.15) is 0 Å². The van der Waals surface area contributed by atoms with Gasteiger partial charge in [0.15, 0.2) is 0 Å². The van der Waals surface area contributed by atoms with Gasteiger partial charge in [0.05, 0.1) is 0 Å². The van der Waals surface area contributed by atoms with Crippen molar-refractivity contribution in [3.8, 4) is 11.1 Å².